The molecule has 140 valence electrons. The van der Waals surface area contributed by atoms with Gasteiger partial charge in [-0.15, -0.1) is 0 Å². The molecular formula is C21H21FN2O2S. The third-order valence-electron chi connectivity index (χ3n) is 4.18. The van der Waals surface area contributed by atoms with E-state index in [0.717, 1.165) is 11.3 Å². The highest BCUT2D eigenvalue weighted by atomic mass is 32.2. The van der Waals surface area contributed by atoms with Gasteiger partial charge in [0.1, 0.15) is 5.82 Å². The summed E-state index contributed by atoms with van der Waals surface area (Å²) in [5.74, 6) is -0.271. The molecular weight excluding hydrogens is 363 g/mol. The minimum atomic E-state index is -3.63. The van der Waals surface area contributed by atoms with Gasteiger partial charge in [0.2, 0.25) is 0 Å². The van der Waals surface area contributed by atoms with E-state index >= 15 is 0 Å². The van der Waals surface area contributed by atoms with Crippen LogP contribution in [-0.2, 0) is 16.6 Å². The molecule has 3 rings (SSSR count). The molecule has 6 heteroatoms. The summed E-state index contributed by atoms with van der Waals surface area (Å²) in [5, 5.41) is 3.20. The van der Waals surface area contributed by atoms with Gasteiger partial charge in [0.25, 0.3) is 10.0 Å². The molecule has 0 bridgehead atoms. The molecule has 0 unspecified atom stereocenters. The lowest BCUT2D eigenvalue weighted by Crippen LogP contribution is -2.30. The van der Waals surface area contributed by atoms with Crippen molar-refractivity contribution in [2.75, 3.05) is 16.2 Å². The number of benzene rings is 3. The van der Waals surface area contributed by atoms with Crippen LogP contribution in [0.25, 0.3) is 0 Å². The van der Waals surface area contributed by atoms with Crippen LogP contribution in [0.2, 0.25) is 0 Å². The van der Waals surface area contributed by atoms with E-state index in [-0.39, 0.29) is 10.7 Å². The molecule has 4 nitrogen and oxygen atoms in total. The maximum absolute atomic E-state index is 13.0. The van der Waals surface area contributed by atoms with Crippen LogP contribution in [0.5, 0.6) is 0 Å². The third kappa shape index (κ3) is 4.46. The van der Waals surface area contributed by atoms with Crippen LogP contribution < -0.4 is 9.62 Å². The van der Waals surface area contributed by atoms with E-state index in [4.69, 9.17) is 0 Å². The fraction of sp³-hybridized carbons (Fsp3) is 0.143. The van der Waals surface area contributed by atoms with Crippen molar-refractivity contribution in [2.24, 2.45) is 0 Å². The lowest BCUT2D eigenvalue weighted by atomic mass is 10.2. The Kier molecular flexibility index (Phi) is 5.76. The summed E-state index contributed by atoms with van der Waals surface area (Å²) in [6, 6.07) is 21.9. The average molecular weight is 384 g/mol. The normalized spacial score (nSPS) is 11.2. The first kappa shape index (κ1) is 18.9. The van der Waals surface area contributed by atoms with Crippen molar-refractivity contribution in [3.8, 4) is 0 Å². The molecule has 0 radical (unpaired) electrons. The molecule has 0 atom stereocenters. The average Bonchev–Trinajstić information content (AvgIpc) is 2.69. The van der Waals surface area contributed by atoms with E-state index in [0.29, 0.717) is 18.8 Å². The van der Waals surface area contributed by atoms with Gasteiger partial charge < -0.3 is 5.32 Å². The second kappa shape index (κ2) is 8.22. The molecule has 0 aliphatic carbocycles. The first-order valence-corrected chi connectivity index (χ1v) is 10.1. The molecule has 0 amide bonds. The van der Waals surface area contributed by atoms with Crippen LogP contribution in [0, 0.1) is 5.82 Å². The van der Waals surface area contributed by atoms with Gasteiger partial charge in [-0.1, -0.05) is 30.3 Å². The topological polar surface area (TPSA) is 49.4 Å². The van der Waals surface area contributed by atoms with Crippen molar-refractivity contribution in [2.45, 2.75) is 18.4 Å². The molecule has 3 aromatic rings. The molecule has 0 fully saturated rings. The summed E-state index contributed by atoms with van der Waals surface area (Å²) in [5.41, 5.74) is 2.37. The lowest BCUT2D eigenvalue weighted by molar-refractivity contribution is 0.592. The van der Waals surface area contributed by atoms with Gasteiger partial charge in [-0.3, -0.25) is 4.31 Å². The Morgan fingerprint density at radius 2 is 1.52 bits per heavy atom. The van der Waals surface area contributed by atoms with Crippen molar-refractivity contribution in [3.63, 3.8) is 0 Å². The van der Waals surface area contributed by atoms with Crippen LogP contribution in [0.15, 0.2) is 83.8 Å². The van der Waals surface area contributed by atoms with E-state index in [1.54, 1.807) is 48.5 Å². The van der Waals surface area contributed by atoms with Crippen molar-refractivity contribution >= 4 is 21.4 Å². The SMILES string of the molecule is CCN(c1ccccc1)S(=O)(=O)c1ccc(NCc2ccc(F)cc2)cc1. The van der Waals surface area contributed by atoms with Crippen molar-refractivity contribution in [1.82, 2.24) is 0 Å². The Morgan fingerprint density at radius 1 is 0.889 bits per heavy atom. The predicted octanol–water partition coefficient (Wildman–Crippen LogP) is 4.65. The zero-order chi connectivity index (χ0) is 19.3. The Morgan fingerprint density at radius 3 is 2.11 bits per heavy atom. The maximum Gasteiger partial charge on any atom is 0.264 e. The van der Waals surface area contributed by atoms with Gasteiger partial charge in [-0.25, -0.2) is 12.8 Å². The van der Waals surface area contributed by atoms with Crippen molar-refractivity contribution < 1.29 is 12.8 Å². The zero-order valence-corrected chi connectivity index (χ0v) is 15.8. The molecule has 3 aromatic carbocycles. The van der Waals surface area contributed by atoms with Crippen molar-refractivity contribution in [3.05, 3.63) is 90.2 Å². The number of hydrogen-bond acceptors (Lipinski definition) is 3. The molecule has 0 heterocycles. The van der Waals surface area contributed by atoms with Gasteiger partial charge in [-0.05, 0) is 61.0 Å². The van der Waals surface area contributed by atoms with E-state index in [9.17, 15) is 12.8 Å². The summed E-state index contributed by atoms with van der Waals surface area (Å²) < 4.78 is 40.2. The van der Waals surface area contributed by atoms with Gasteiger partial charge in [0.05, 0.1) is 10.6 Å². The maximum atomic E-state index is 13.0. The number of anilines is 2. The standard InChI is InChI=1S/C21H21FN2O2S/c1-2-24(20-6-4-3-5-7-20)27(25,26)21-14-12-19(13-15-21)23-16-17-8-10-18(22)11-9-17/h3-15,23H,2,16H2,1H3. The fourth-order valence-corrected chi connectivity index (χ4v) is 4.24. The highest BCUT2D eigenvalue weighted by Crippen LogP contribution is 2.24. The monoisotopic (exact) mass is 384 g/mol. The molecule has 0 spiro atoms. The summed E-state index contributed by atoms with van der Waals surface area (Å²) in [7, 11) is -3.63. The van der Waals surface area contributed by atoms with Crippen LogP contribution in [0.4, 0.5) is 15.8 Å². The van der Waals surface area contributed by atoms with Gasteiger partial charge >= 0.3 is 0 Å². The second-order valence-corrected chi connectivity index (χ2v) is 7.87. The molecule has 0 aliphatic heterocycles. The zero-order valence-electron chi connectivity index (χ0n) is 15.0. The van der Waals surface area contributed by atoms with Gasteiger partial charge in [-0.2, -0.15) is 0 Å². The minimum Gasteiger partial charge on any atom is -0.381 e. The number of halogens is 1. The lowest BCUT2D eigenvalue weighted by Gasteiger charge is -2.23. The van der Waals surface area contributed by atoms with E-state index in [1.165, 1.54) is 16.4 Å². The van der Waals surface area contributed by atoms with Crippen LogP contribution in [0.3, 0.4) is 0 Å². The number of hydrogen-bond donors (Lipinski definition) is 1. The minimum absolute atomic E-state index is 0.237. The Balaban J connectivity index is 1.74. The quantitative estimate of drug-likeness (QED) is 0.645. The first-order chi connectivity index (χ1) is 13.0. The van der Waals surface area contributed by atoms with Crippen molar-refractivity contribution in [1.29, 1.82) is 0 Å². The molecule has 0 aromatic heterocycles. The number of nitrogens with one attached hydrogen (secondary N) is 1. The molecule has 27 heavy (non-hydrogen) atoms. The number of nitrogens with zero attached hydrogens (tertiary/aromatic N) is 1. The third-order valence-corrected chi connectivity index (χ3v) is 6.10. The van der Waals surface area contributed by atoms with Crippen LogP contribution in [0.1, 0.15) is 12.5 Å². The molecule has 0 saturated heterocycles. The number of para-hydroxylation sites is 1. The van der Waals surface area contributed by atoms with E-state index in [1.807, 2.05) is 25.1 Å². The number of sulfonamides is 1. The summed E-state index contributed by atoms with van der Waals surface area (Å²) in [4.78, 5) is 0.237. The molecule has 1 N–H and O–H groups in total. The Labute approximate surface area is 159 Å². The van der Waals surface area contributed by atoms with Gasteiger partial charge in [0.15, 0.2) is 0 Å². The Bertz CT molecular complexity index is 973. The molecule has 0 aliphatic rings. The highest BCUT2D eigenvalue weighted by molar-refractivity contribution is 7.92. The Hall–Kier alpha value is -2.86. The van der Waals surface area contributed by atoms with Crippen LogP contribution >= 0.6 is 0 Å². The smallest absolute Gasteiger partial charge is 0.264 e. The van der Waals surface area contributed by atoms with Gasteiger partial charge in [0, 0.05) is 18.8 Å². The van der Waals surface area contributed by atoms with E-state index < -0.39 is 10.0 Å². The van der Waals surface area contributed by atoms with E-state index in [2.05, 4.69) is 5.32 Å². The highest BCUT2D eigenvalue weighted by Gasteiger charge is 2.23. The fourth-order valence-electron chi connectivity index (χ4n) is 2.76. The molecule has 0 saturated carbocycles. The summed E-state index contributed by atoms with van der Waals surface area (Å²) in [6.45, 7) is 2.68. The predicted molar refractivity (Wildman–Crippen MR) is 107 cm³/mol. The summed E-state index contributed by atoms with van der Waals surface area (Å²) in [6.07, 6.45) is 0. The first-order valence-electron chi connectivity index (χ1n) is 8.67. The number of rotatable bonds is 7. The van der Waals surface area contributed by atoms with Crippen LogP contribution in [-0.4, -0.2) is 15.0 Å². The summed E-state index contributed by atoms with van der Waals surface area (Å²) >= 11 is 0. The largest absolute Gasteiger partial charge is 0.381 e. The second-order valence-electron chi connectivity index (χ2n) is 6.01.